The molecule has 0 radical (unpaired) electrons. The van der Waals surface area contributed by atoms with Crippen LogP contribution in [0.25, 0.3) is 0 Å². The molecule has 0 saturated carbocycles. The van der Waals surface area contributed by atoms with E-state index < -0.39 is 0 Å². The molecule has 3 nitrogen and oxygen atoms in total. The molecular weight excluding hydrogens is 150 g/mol. The molecule has 0 unspecified atom stereocenters. The van der Waals surface area contributed by atoms with E-state index in [2.05, 4.69) is 4.98 Å². The van der Waals surface area contributed by atoms with Gasteiger partial charge in [0.15, 0.2) is 0 Å². The summed E-state index contributed by atoms with van der Waals surface area (Å²) >= 11 is 0. The minimum atomic E-state index is 0.163. The van der Waals surface area contributed by atoms with E-state index in [-0.39, 0.29) is 5.84 Å². The van der Waals surface area contributed by atoms with Crippen LogP contribution in [0.2, 0.25) is 0 Å². The van der Waals surface area contributed by atoms with Crippen LogP contribution in [-0.2, 0) is 12.8 Å². The number of fused-ring (bicyclic) bond motifs is 1. The Morgan fingerprint density at radius 2 is 2.33 bits per heavy atom. The first-order valence-electron chi connectivity index (χ1n) is 4.10. The molecule has 12 heavy (non-hydrogen) atoms. The van der Waals surface area contributed by atoms with E-state index in [0.717, 1.165) is 30.5 Å². The van der Waals surface area contributed by atoms with Crippen LogP contribution < -0.4 is 5.73 Å². The first-order chi connectivity index (χ1) is 5.79. The average Bonchev–Trinajstić information content (AvgIpc) is 2.49. The molecule has 0 aliphatic heterocycles. The normalized spacial score (nSPS) is 14.3. The summed E-state index contributed by atoms with van der Waals surface area (Å²) in [5, 5.41) is 7.35. The molecule has 0 atom stereocenters. The van der Waals surface area contributed by atoms with Crippen molar-refractivity contribution in [3.05, 3.63) is 29.1 Å². The van der Waals surface area contributed by atoms with Crippen LogP contribution in [0, 0.1) is 5.41 Å². The second-order valence-electron chi connectivity index (χ2n) is 3.05. The summed E-state index contributed by atoms with van der Waals surface area (Å²) in [7, 11) is 0. The highest BCUT2D eigenvalue weighted by atomic mass is 14.7. The smallest absolute Gasteiger partial charge is 0.123 e. The molecule has 1 aromatic rings. The Labute approximate surface area is 71.1 Å². The van der Waals surface area contributed by atoms with Crippen molar-refractivity contribution in [3.8, 4) is 0 Å². The van der Waals surface area contributed by atoms with Crippen molar-refractivity contribution in [1.82, 2.24) is 4.98 Å². The van der Waals surface area contributed by atoms with Crippen molar-refractivity contribution in [2.75, 3.05) is 0 Å². The van der Waals surface area contributed by atoms with Crippen molar-refractivity contribution in [3.63, 3.8) is 0 Å². The van der Waals surface area contributed by atoms with Gasteiger partial charge >= 0.3 is 0 Å². The Kier molecular flexibility index (Phi) is 1.57. The lowest BCUT2D eigenvalue weighted by Crippen LogP contribution is -2.14. The van der Waals surface area contributed by atoms with Gasteiger partial charge in [-0.1, -0.05) is 0 Å². The maximum absolute atomic E-state index is 7.35. The number of nitrogens with zero attached hydrogens (tertiary/aromatic N) is 1. The number of rotatable bonds is 1. The molecule has 0 amide bonds. The monoisotopic (exact) mass is 161 g/mol. The fourth-order valence-corrected chi connectivity index (χ4v) is 1.72. The third-order valence-electron chi connectivity index (χ3n) is 2.28. The molecule has 1 heterocycles. The molecule has 3 N–H and O–H groups in total. The Morgan fingerprint density at radius 3 is 3.08 bits per heavy atom. The highest BCUT2D eigenvalue weighted by Crippen LogP contribution is 2.22. The molecule has 1 aliphatic carbocycles. The van der Waals surface area contributed by atoms with E-state index in [1.807, 2.05) is 6.07 Å². The van der Waals surface area contributed by atoms with Crippen LogP contribution in [0.15, 0.2) is 12.3 Å². The molecular formula is C9H11N3. The molecule has 0 bridgehead atoms. The number of pyridine rings is 1. The van der Waals surface area contributed by atoms with Gasteiger partial charge in [-0.2, -0.15) is 0 Å². The summed E-state index contributed by atoms with van der Waals surface area (Å²) in [5.41, 5.74) is 8.63. The van der Waals surface area contributed by atoms with E-state index in [4.69, 9.17) is 11.1 Å². The lowest BCUT2D eigenvalue weighted by molar-refractivity contribution is 0.899. The molecule has 0 aromatic carbocycles. The minimum absolute atomic E-state index is 0.163. The van der Waals surface area contributed by atoms with Crippen LogP contribution in [0.1, 0.15) is 23.2 Å². The Hall–Kier alpha value is -1.38. The summed E-state index contributed by atoms with van der Waals surface area (Å²) in [5.74, 6) is 0.163. The van der Waals surface area contributed by atoms with Gasteiger partial charge in [0.1, 0.15) is 5.84 Å². The van der Waals surface area contributed by atoms with Crippen molar-refractivity contribution in [2.45, 2.75) is 19.3 Å². The van der Waals surface area contributed by atoms with E-state index >= 15 is 0 Å². The summed E-state index contributed by atoms with van der Waals surface area (Å²) < 4.78 is 0. The standard InChI is InChI=1S/C9H11N3/c10-9(11)7-4-5-12-8-3-1-2-6(7)8/h4-5H,1-3H2,(H3,10,11). The molecule has 62 valence electrons. The van der Waals surface area contributed by atoms with Gasteiger partial charge in [0.2, 0.25) is 0 Å². The second kappa shape index (κ2) is 2.59. The van der Waals surface area contributed by atoms with Gasteiger partial charge in [0.05, 0.1) is 0 Å². The SMILES string of the molecule is N=C(N)c1ccnc2c1CCC2. The minimum Gasteiger partial charge on any atom is -0.384 e. The molecule has 1 aliphatic rings. The van der Waals surface area contributed by atoms with Gasteiger partial charge in [-0.25, -0.2) is 0 Å². The number of amidine groups is 1. The summed E-state index contributed by atoms with van der Waals surface area (Å²) in [6.45, 7) is 0. The highest BCUT2D eigenvalue weighted by molar-refractivity contribution is 5.96. The zero-order valence-electron chi connectivity index (χ0n) is 6.80. The molecule has 0 saturated heterocycles. The third kappa shape index (κ3) is 0.978. The van der Waals surface area contributed by atoms with Crippen molar-refractivity contribution in [2.24, 2.45) is 5.73 Å². The number of nitrogen functional groups attached to an aromatic ring is 1. The topological polar surface area (TPSA) is 62.8 Å². The number of aromatic nitrogens is 1. The zero-order chi connectivity index (χ0) is 8.55. The second-order valence-corrected chi connectivity index (χ2v) is 3.05. The molecule has 3 heteroatoms. The number of hydrogen-bond acceptors (Lipinski definition) is 2. The van der Waals surface area contributed by atoms with Crippen LogP contribution in [0.3, 0.4) is 0 Å². The zero-order valence-corrected chi connectivity index (χ0v) is 6.80. The van der Waals surface area contributed by atoms with Crippen LogP contribution in [0.5, 0.6) is 0 Å². The van der Waals surface area contributed by atoms with E-state index in [0.29, 0.717) is 0 Å². The maximum Gasteiger partial charge on any atom is 0.123 e. The molecule has 1 aromatic heterocycles. The van der Waals surface area contributed by atoms with Crippen LogP contribution in [0.4, 0.5) is 0 Å². The first kappa shape index (κ1) is 7.28. The fraction of sp³-hybridized carbons (Fsp3) is 0.333. The summed E-state index contributed by atoms with van der Waals surface area (Å²) in [6, 6.07) is 1.83. The summed E-state index contributed by atoms with van der Waals surface area (Å²) in [6.07, 6.45) is 4.95. The summed E-state index contributed by atoms with van der Waals surface area (Å²) in [4.78, 5) is 4.25. The van der Waals surface area contributed by atoms with Gasteiger partial charge in [0.25, 0.3) is 0 Å². The van der Waals surface area contributed by atoms with Crippen LogP contribution in [-0.4, -0.2) is 10.8 Å². The molecule has 0 fully saturated rings. The Morgan fingerprint density at radius 1 is 1.50 bits per heavy atom. The number of nitrogens with one attached hydrogen (secondary N) is 1. The number of nitrogens with two attached hydrogens (primary N) is 1. The van der Waals surface area contributed by atoms with Crippen molar-refractivity contribution in [1.29, 1.82) is 5.41 Å². The van der Waals surface area contributed by atoms with Gasteiger partial charge in [-0.05, 0) is 30.9 Å². The van der Waals surface area contributed by atoms with Crippen molar-refractivity contribution >= 4 is 5.84 Å². The van der Waals surface area contributed by atoms with Gasteiger partial charge < -0.3 is 5.73 Å². The predicted octanol–water partition coefficient (Wildman–Crippen LogP) is 0.854. The fourth-order valence-electron chi connectivity index (χ4n) is 1.72. The predicted molar refractivity (Wildman–Crippen MR) is 47.3 cm³/mol. The lowest BCUT2D eigenvalue weighted by Gasteiger charge is -2.04. The van der Waals surface area contributed by atoms with Crippen molar-refractivity contribution < 1.29 is 0 Å². The van der Waals surface area contributed by atoms with E-state index in [1.54, 1.807) is 6.20 Å². The van der Waals surface area contributed by atoms with Gasteiger partial charge in [-0.3, -0.25) is 10.4 Å². The van der Waals surface area contributed by atoms with Gasteiger partial charge in [0, 0.05) is 17.5 Å². The Bertz CT molecular complexity index is 331. The van der Waals surface area contributed by atoms with E-state index in [1.165, 1.54) is 5.56 Å². The molecule has 2 rings (SSSR count). The average molecular weight is 161 g/mol. The van der Waals surface area contributed by atoms with Crippen LogP contribution >= 0.6 is 0 Å². The highest BCUT2D eigenvalue weighted by Gasteiger charge is 2.16. The van der Waals surface area contributed by atoms with Gasteiger partial charge in [-0.15, -0.1) is 0 Å². The van der Waals surface area contributed by atoms with E-state index in [9.17, 15) is 0 Å². The third-order valence-corrected chi connectivity index (χ3v) is 2.28. The largest absolute Gasteiger partial charge is 0.384 e. The Balaban J connectivity index is 2.56. The maximum atomic E-state index is 7.35. The number of hydrogen-bond donors (Lipinski definition) is 2. The first-order valence-corrected chi connectivity index (χ1v) is 4.10. The quantitative estimate of drug-likeness (QED) is 0.474. The molecule has 0 spiro atoms. The lowest BCUT2D eigenvalue weighted by atomic mass is 10.1. The number of aryl methyl sites for hydroxylation is 1.